The second kappa shape index (κ2) is 5.37. The number of nitrogens with zero attached hydrogens (tertiary/aromatic N) is 1. The molecule has 1 amide bonds. The molecule has 120 valence electrons. The highest BCUT2D eigenvalue weighted by molar-refractivity contribution is 5.84. The number of carbonyl (C=O) groups is 1. The van der Waals surface area contributed by atoms with E-state index in [0.717, 1.165) is 25.7 Å². The summed E-state index contributed by atoms with van der Waals surface area (Å²) < 4.78 is 0. The van der Waals surface area contributed by atoms with Crippen molar-refractivity contribution in [1.29, 1.82) is 0 Å². The summed E-state index contributed by atoms with van der Waals surface area (Å²) in [6, 6.07) is 8.54. The number of fused-ring (bicyclic) bond motifs is 2. The highest BCUT2D eigenvalue weighted by atomic mass is 16.2. The van der Waals surface area contributed by atoms with Gasteiger partial charge in [0.25, 0.3) is 0 Å². The number of aryl methyl sites for hydroxylation is 1. The molecule has 3 N–H and O–H groups in total. The molecule has 4 rings (SSSR count). The Morgan fingerprint density at radius 2 is 2.26 bits per heavy atom. The smallest absolute Gasteiger partial charge is 0.340 e. The first kappa shape index (κ1) is 14.2. The van der Waals surface area contributed by atoms with E-state index in [1.165, 1.54) is 11.1 Å². The summed E-state index contributed by atoms with van der Waals surface area (Å²) in [5, 5.41) is 9.16. The molecule has 1 saturated carbocycles. The van der Waals surface area contributed by atoms with Gasteiger partial charge in [-0.15, -0.1) is 0 Å². The average molecular weight is 312 g/mol. The van der Waals surface area contributed by atoms with Gasteiger partial charge in [0.1, 0.15) is 5.82 Å². The van der Waals surface area contributed by atoms with E-state index < -0.39 is 0 Å². The zero-order valence-electron chi connectivity index (χ0n) is 12.9. The van der Waals surface area contributed by atoms with Crippen molar-refractivity contribution in [3.63, 3.8) is 0 Å². The van der Waals surface area contributed by atoms with Crippen molar-refractivity contribution in [2.45, 2.75) is 37.5 Å². The first-order valence-electron chi connectivity index (χ1n) is 8.19. The Hall–Kier alpha value is -2.37. The van der Waals surface area contributed by atoms with Crippen LogP contribution in [0.25, 0.3) is 0 Å². The Morgan fingerprint density at radius 1 is 1.39 bits per heavy atom. The quantitative estimate of drug-likeness (QED) is 0.788. The Bertz CT molecular complexity index is 794. The lowest BCUT2D eigenvalue weighted by Gasteiger charge is -2.26. The van der Waals surface area contributed by atoms with Gasteiger partial charge < -0.3 is 5.32 Å². The normalized spacial score (nSPS) is 25.1. The number of amides is 1. The number of carbonyl (C=O) groups excluding carboxylic acids is 1. The van der Waals surface area contributed by atoms with Crippen LogP contribution in [0, 0.1) is 5.92 Å². The molecule has 2 aromatic rings. The molecular formula is C17H20N4O2. The van der Waals surface area contributed by atoms with Crippen LogP contribution in [-0.4, -0.2) is 27.6 Å². The van der Waals surface area contributed by atoms with Crippen molar-refractivity contribution in [1.82, 2.24) is 20.5 Å². The summed E-state index contributed by atoms with van der Waals surface area (Å²) in [6.07, 6.45) is 4.87. The third-order valence-corrected chi connectivity index (χ3v) is 5.23. The first-order chi connectivity index (χ1) is 11.2. The predicted molar refractivity (Wildman–Crippen MR) is 85.1 cm³/mol. The topological polar surface area (TPSA) is 90.6 Å². The number of aromatic nitrogens is 3. The number of benzene rings is 1. The molecule has 1 spiro atoms. The van der Waals surface area contributed by atoms with Crippen molar-refractivity contribution in [2.24, 2.45) is 5.92 Å². The van der Waals surface area contributed by atoms with Crippen molar-refractivity contribution >= 4 is 5.91 Å². The minimum Gasteiger partial charge on any atom is -0.355 e. The Morgan fingerprint density at radius 3 is 3.09 bits per heavy atom. The van der Waals surface area contributed by atoms with E-state index in [1.807, 2.05) is 0 Å². The standard InChI is InChI=1S/C17H20N4O2/c22-15(18-9-7-14-19-16(23)21-20-14)13-10-17(13)8-3-5-11-4-1-2-6-12(11)17/h1-2,4,6,13H,3,5,7-10H2,(H,18,22)(H2,19,20,21,23)/t13-,17-/m0/s1. The van der Waals surface area contributed by atoms with Gasteiger partial charge in [-0.3, -0.25) is 9.78 Å². The summed E-state index contributed by atoms with van der Waals surface area (Å²) >= 11 is 0. The molecule has 1 heterocycles. The van der Waals surface area contributed by atoms with Crippen LogP contribution in [0.5, 0.6) is 0 Å². The number of aromatic amines is 2. The zero-order chi connectivity index (χ0) is 15.9. The molecular weight excluding hydrogens is 292 g/mol. The predicted octanol–water partition coefficient (Wildman–Crippen LogP) is 1.05. The molecule has 6 nitrogen and oxygen atoms in total. The van der Waals surface area contributed by atoms with Gasteiger partial charge in [0, 0.05) is 24.3 Å². The fourth-order valence-corrected chi connectivity index (χ4v) is 4.03. The first-order valence-corrected chi connectivity index (χ1v) is 8.19. The van der Waals surface area contributed by atoms with Crippen LogP contribution < -0.4 is 11.0 Å². The molecule has 0 saturated heterocycles. The van der Waals surface area contributed by atoms with E-state index in [-0.39, 0.29) is 22.9 Å². The van der Waals surface area contributed by atoms with Crippen LogP contribution in [0.4, 0.5) is 0 Å². The van der Waals surface area contributed by atoms with E-state index in [9.17, 15) is 9.59 Å². The van der Waals surface area contributed by atoms with Crippen LogP contribution in [-0.2, 0) is 23.1 Å². The lowest BCUT2D eigenvalue weighted by Crippen LogP contribution is -2.31. The number of hydrogen-bond acceptors (Lipinski definition) is 3. The molecule has 1 aromatic heterocycles. The molecule has 0 bridgehead atoms. The summed E-state index contributed by atoms with van der Waals surface area (Å²) in [5.41, 5.74) is 2.54. The number of hydrogen-bond donors (Lipinski definition) is 3. The SMILES string of the molecule is O=C(NCCc1n[nH]c(=O)[nH]1)[C@@H]1C[C@]12CCCc1ccccc12. The molecule has 2 aliphatic carbocycles. The molecule has 1 aromatic carbocycles. The van der Waals surface area contributed by atoms with Gasteiger partial charge in [-0.2, -0.15) is 5.10 Å². The molecule has 0 unspecified atom stereocenters. The maximum atomic E-state index is 12.5. The van der Waals surface area contributed by atoms with Crippen molar-refractivity contribution in [3.8, 4) is 0 Å². The van der Waals surface area contributed by atoms with E-state index in [4.69, 9.17) is 0 Å². The van der Waals surface area contributed by atoms with Gasteiger partial charge in [0.05, 0.1) is 0 Å². The number of H-pyrrole nitrogens is 2. The van der Waals surface area contributed by atoms with Crippen LogP contribution >= 0.6 is 0 Å². The van der Waals surface area contributed by atoms with E-state index in [0.29, 0.717) is 18.8 Å². The molecule has 6 heteroatoms. The highest BCUT2D eigenvalue weighted by Gasteiger charge is 2.59. The van der Waals surface area contributed by atoms with E-state index in [1.54, 1.807) is 0 Å². The number of rotatable bonds is 4. The molecule has 2 aliphatic rings. The average Bonchev–Trinajstić information content (AvgIpc) is 3.12. The third kappa shape index (κ3) is 2.48. The third-order valence-electron chi connectivity index (χ3n) is 5.23. The van der Waals surface area contributed by atoms with Crippen molar-refractivity contribution < 1.29 is 4.79 Å². The van der Waals surface area contributed by atoms with Gasteiger partial charge in [-0.05, 0) is 36.8 Å². The Balaban J connectivity index is 1.39. The van der Waals surface area contributed by atoms with E-state index in [2.05, 4.69) is 44.8 Å². The Kier molecular flexibility index (Phi) is 3.32. The fourth-order valence-electron chi connectivity index (χ4n) is 4.03. The number of nitrogens with one attached hydrogen (secondary N) is 3. The molecule has 0 radical (unpaired) electrons. The molecule has 2 atom stereocenters. The van der Waals surface area contributed by atoms with Crippen LogP contribution in [0.3, 0.4) is 0 Å². The molecule has 23 heavy (non-hydrogen) atoms. The van der Waals surface area contributed by atoms with Crippen molar-refractivity contribution in [2.75, 3.05) is 6.54 Å². The van der Waals surface area contributed by atoms with Crippen LogP contribution in [0.15, 0.2) is 29.1 Å². The Labute approximate surface area is 133 Å². The van der Waals surface area contributed by atoms with E-state index >= 15 is 0 Å². The lowest BCUT2D eigenvalue weighted by molar-refractivity contribution is -0.122. The zero-order valence-corrected chi connectivity index (χ0v) is 12.9. The summed E-state index contributed by atoms with van der Waals surface area (Å²) in [4.78, 5) is 26.0. The molecule has 0 aliphatic heterocycles. The fraction of sp³-hybridized carbons (Fsp3) is 0.471. The van der Waals surface area contributed by atoms with Crippen molar-refractivity contribution in [3.05, 3.63) is 51.7 Å². The lowest BCUT2D eigenvalue weighted by atomic mass is 9.78. The van der Waals surface area contributed by atoms with Crippen LogP contribution in [0.1, 0.15) is 36.2 Å². The van der Waals surface area contributed by atoms with Gasteiger partial charge >= 0.3 is 5.69 Å². The molecule has 1 fully saturated rings. The summed E-state index contributed by atoms with van der Waals surface area (Å²) in [5.74, 6) is 0.783. The maximum absolute atomic E-state index is 12.5. The second-order valence-corrected chi connectivity index (χ2v) is 6.59. The van der Waals surface area contributed by atoms with Gasteiger partial charge in [-0.1, -0.05) is 24.3 Å². The summed E-state index contributed by atoms with van der Waals surface area (Å²) in [6.45, 7) is 0.494. The minimum absolute atomic E-state index is 0.0690. The minimum atomic E-state index is -0.314. The maximum Gasteiger partial charge on any atom is 0.340 e. The van der Waals surface area contributed by atoms with Gasteiger partial charge in [-0.25, -0.2) is 9.89 Å². The largest absolute Gasteiger partial charge is 0.355 e. The highest BCUT2D eigenvalue weighted by Crippen LogP contribution is 2.60. The van der Waals surface area contributed by atoms with Crippen LogP contribution in [0.2, 0.25) is 0 Å². The van der Waals surface area contributed by atoms with Gasteiger partial charge in [0.15, 0.2) is 0 Å². The summed E-state index contributed by atoms with van der Waals surface area (Å²) in [7, 11) is 0. The second-order valence-electron chi connectivity index (χ2n) is 6.59. The monoisotopic (exact) mass is 312 g/mol. The van der Waals surface area contributed by atoms with Gasteiger partial charge in [0.2, 0.25) is 5.91 Å².